The van der Waals surface area contributed by atoms with Crippen LogP contribution < -0.4 is 4.74 Å². The average Bonchev–Trinajstić information content (AvgIpc) is 2.47. The van der Waals surface area contributed by atoms with Crippen molar-refractivity contribution >= 4 is 0 Å². The van der Waals surface area contributed by atoms with Crippen LogP contribution in [0.4, 0.5) is 0 Å². The second-order valence-corrected chi connectivity index (χ2v) is 5.70. The molecule has 0 aliphatic heterocycles. The SMILES string of the molecule is CCC(C#N)(CC)CCCOc1c(C)ccc(C)c1C. The first-order chi connectivity index (χ1) is 9.49. The molecule has 0 heterocycles. The third-order valence-corrected chi connectivity index (χ3v) is 4.51. The highest BCUT2D eigenvalue weighted by atomic mass is 16.5. The van der Waals surface area contributed by atoms with Crippen molar-refractivity contribution in [2.24, 2.45) is 5.41 Å². The van der Waals surface area contributed by atoms with Crippen molar-refractivity contribution in [3.63, 3.8) is 0 Å². The summed E-state index contributed by atoms with van der Waals surface area (Å²) in [5, 5.41) is 9.33. The molecular formula is C18H27NO. The van der Waals surface area contributed by atoms with Crippen LogP contribution in [0.25, 0.3) is 0 Å². The van der Waals surface area contributed by atoms with Gasteiger partial charge in [0, 0.05) is 0 Å². The summed E-state index contributed by atoms with van der Waals surface area (Å²) in [7, 11) is 0. The van der Waals surface area contributed by atoms with Crippen LogP contribution in [0.1, 0.15) is 56.2 Å². The molecule has 110 valence electrons. The maximum atomic E-state index is 9.33. The van der Waals surface area contributed by atoms with E-state index in [1.807, 2.05) is 0 Å². The summed E-state index contributed by atoms with van der Waals surface area (Å²) in [6.07, 6.45) is 3.69. The summed E-state index contributed by atoms with van der Waals surface area (Å²) in [5.74, 6) is 1.01. The number of hydrogen-bond acceptors (Lipinski definition) is 2. The number of nitriles is 1. The fraction of sp³-hybridized carbons (Fsp3) is 0.611. The Kier molecular flexibility index (Phi) is 6.07. The molecule has 0 saturated carbocycles. The van der Waals surface area contributed by atoms with Crippen LogP contribution in [0, 0.1) is 37.5 Å². The van der Waals surface area contributed by atoms with Crippen LogP contribution in [0.2, 0.25) is 0 Å². The first-order valence-corrected chi connectivity index (χ1v) is 7.60. The van der Waals surface area contributed by atoms with Crippen molar-refractivity contribution in [2.45, 2.75) is 60.3 Å². The zero-order valence-corrected chi connectivity index (χ0v) is 13.5. The third kappa shape index (κ3) is 3.76. The van der Waals surface area contributed by atoms with Crippen LogP contribution >= 0.6 is 0 Å². The van der Waals surface area contributed by atoms with E-state index in [1.165, 1.54) is 16.7 Å². The van der Waals surface area contributed by atoms with Crippen LogP contribution in [-0.4, -0.2) is 6.61 Å². The van der Waals surface area contributed by atoms with Gasteiger partial charge in [-0.15, -0.1) is 0 Å². The molecule has 1 rings (SSSR count). The van der Waals surface area contributed by atoms with E-state index in [0.717, 1.165) is 31.4 Å². The molecule has 2 heteroatoms. The fourth-order valence-corrected chi connectivity index (χ4v) is 2.55. The average molecular weight is 273 g/mol. The number of ether oxygens (including phenoxy) is 1. The van der Waals surface area contributed by atoms with E-state index < -0.39 is 0 Å². The molecule has 0 saturated heterocycles. The van der Waals surface area contributed by atoms with Gasteiger partial charge in [-0.3, -0.25) is 0 Å². The Hall–Kier alpha value is -1.49. The van der Waals surface area contributed by atoms with Gasteiger partial charge in [-0.25, -0.2) is 0 Å². The van der Waals surface area contributed by atoms with E-state index in [0.29, 0.717) is 6.61 Å². The van der Waals surface area contributed by atoms with Crippen LogP contribution in [0.5, 0.6) is 5.75 Å². The van der Waals surface area contributed by atoms with Gasteiger partial charge in [0.25, 0.3) is 0 Å². The number of nitrogens with zero attached hydrogens (tertiary/aromatic N) is 1. The molecule has 2 nitrogen and oxygen atoms in total. The fourth-order valence-electron chi connectivity index (χ4n) is 2.55. The van der Waals surface area contributed by atoms with Crippen molar-refractivity contribution in [3.8, 4) is 11.8 Å². The molecule has 0 spiro atoms. The predicted octanol–water partition coefficient (Wildman–Crippen LogP) is 5.10. The van der Waals surface area contributed by atoms with Gasteiger partial charge in [0.2, 0.25) is 0 Å². The lowest BCUT2D eigenvalue weighted by atomic mass is 9.80. The highest BCUT2D eigenvalue weighted by Crippen LogP contribution is 2.31. The number of aryl methyl sites for hydroxylation is 2. The topological polar surface area (TPSA) is 33.0 Å². The minimum atomic E-state index is -0.167. The Balaban J connectivity index is 2.58. The molecule has 0 aliphatic carbocycles. The molecule has 0 radical (unpaired) electrons. The monoisotopic (exact) mass is 273 g/mol. The van der Waals surface area contributed by atoms with Crippen molar-refractivity contribution in [3.05, 3.63) is 28.8 Å². The van der Waals surface area contributed by atoms with Crippen molar-refractivity contribution in [1.82, 2.24) is 0 Å². The molecule has 0 aromatic heterocycles. The van der Waals surface area contributed by atoms with Crippen molar-refractivity contribution in [1.29, 1.82) is 5.26 Å². The molecule has 1 aromatic rings. The molecular weight excluding hydrogens is 246 g/mol. The van der Waals surface area contributed by atoms with Gasteiger partial charge in [-0.1, -0.05) is 26.0 Å². The summed E-state index contributed by atoms with van der Waals surface area (Å²) in [4.78, 5) is 0. The molecule has 0 unspecified atom stereocenters. The molecule has 0 aliphatic rings. The van der Waals surface area contributed by atoms with Crippen LogP contribution in [0.3, 0.4) is 0 Å². The lowest BCUT2D eigenvalue weighted by Gasteiger charge is -2.23. The predicted molar refractivity (Wildman–Crippen MR) is 84.0 cm³/mol. The maximum absolute atomic E-state index is 9.33. The van der Waals surface area contributed by atoms with Crippen LogP contribution in [0.15, 0.2) is 12.1 Å². The minimum absolute atomic E-state index is 0.167. The first kappa shape index (κ1) is 16.6. The van der Waals surface area contributed by atoms with E-state index in [1.54, 1.807) is 0 Å². The largest absolute Gasteiger partial charge is 0.493 e. The summed E-state index contributed by atoms with van der Waals surface area (Å²) in [6, 6.07) is 6.73. The lowest BCUT2D eigenvalue weighted by Crippen LogP contribution is -2.17. The summed E-state index contributed by atoms with van der Waals surface area (Å²) in [5.41, 5.74) is 3.51. The normalized spacial score (nSPS) is 11.2. The minimum Gasteiger partial charge on any atom is -0.493 e. The smallest absolute Gasteiger partial charge is 0.125 e. The Morgan fingerprint density at radius 2 is 1.70 bits per heavy atom. The van der Waals surface area contributed by atoms with Gasteiger partial charge in [-0.2, -0.15) is 5.26 Å². The van der Waals surface area contributed by atoms with E-state index in [4.69, 9.17) is 4.74 Å². The molecule has 0 fully saturated rings. The molecule has 20 heavy (non-hydrogen) atoms. The van der Waals surface area contributed by atoms with Gasteiger partial charge in [-0.05, 0) is 63.1 Å². The summed E-state index contributed by atoms with van der Waals surface area (Å²) >= 11 is 0. The van der Waals surface area contributed by atoms with Gasteiger partial charge in [0.15, 0.2) is 0 Å². The third-order valence-electron chi connectivity index (χ3n) is 4.51. The van der Waals surface area contributed by atoms with E-state index in [9.17, 15) is 5.26 Å². The zero-order chi connectivity index (χ0) is 15.2. The van der Waals surface area contributed by atoms with Gasteiger partial charge < -0.3 is 4.74 Å². The highest BCUT2D eigenvalue weighted by molar-refractivity contribution is 5.44. The van der Waals surface area contributed by atoms with Crippen LogP contribution in [-0.2, 0) is 0 Å². The Bertz CT molecular complexity index is 481. The second-order valence-electron chi connectivity index (χ2n) is 5.70. The standard InChI is InChI=1S/C18H27NO/c1-6-18(7-2,13-19)11-8-12-20-17-15(4)10-9-14(3)16(17)5/h9-10H,6-8,11-12H2,1-5H3. The second kappa shape index (κ2) is 7.33. The molecule has 0 bridgehead atoms. The molecule has 0 N–H and O–H groups in total. The van der Waals surface area contributed by atoms with Gasteiger partial charge in [0.1, 0.15) is 5.75 Å². The number of hydrogen-bond donors (Lipinski definition) is 0. The van der Waals surface area contributed by atoms with E-state index >= 15 is 0 Å². The Labute approximate surface area is 123 Å². The van der Waals surface area contributed by atoms with Crippen molar-refractivity contribution < 1.29 is 4.74 Å². The zero-order valence-electron chi connectivity index (χ0n) is 13.5. The quantitative estimate of drug-likeness (QED) is 0.647. The van der Waals surface area contributed by atoms with Crippen molar-refractivity contribution in [2.75, 3.05) is 6.61 Å². The number of rotatable bonds is 7. The van der Waals surface area contributed by atoms with Gasteiger partial charge >= 0.3 is 0 Å². The number of benzene rings is 1. The van der Waals surface area contributed by atoms with Gasteiger partial charge in [0.05, 0.1) is 18.1 Å². The summed E-state index contributed by atoms with van der Waals surface area (Å²) in [6.45, 7) is 11.2. The molecule has 0 atom stereocenters. The lowest BCUT2D eigenvalue weighted by molar-refractivity contribution is 0.257. The first-order valence-electron chi connectivity index (χ1n) is 7.60. The maximum Gasteiger partial charge on any atom is 0.125 e. The molecule has 1 aromatic carbocycles. The Morgan fingerprint density at radius 1 is 1.10 bits per heavy atom. The summed E-state index contributed by atoms with van der Waals surface area (Å²) < 4.78 is 5.97. The Morgan fingerprint density at radius 3 is 2.25 bits per heavy atom. The van der Waals surface area contributed by atoms with E-state index in [-0.39, 0.29) is 5.41 Å². The van der Waals surface area contributed by atoms with E-state index in [2.05, 4.69) is 52.8 Å². The highest BCUT2D eigenvalue weighted by Gasteiger charge is 2.24. The molecule has 0 amide bonds.